The fourth-order valence-electron chi connectivity index (χ4n) is 2.26. The molecule has 0 saturated heterocycles. The zero-order valence-electron chi connectivity index (χ0n) is 13.4. The molecule has 2 aromatic heterocycles. The van der Waals surface area contributed by atoms with Gasteiger partial charge < -0.3 is 5.32 Å². The van der Waals surface area contributed by atoms with Crippen molar-refractivity contribution in [1.82, 2.24) is 19.6 Å². The third-order valence-corrected chi connectivity index (χ3v) is 5.38. The highest BCUT2D eigenvalue weighted by Crippen LogP contribution is 2.23. The maximum atomic E-state index is 12.4. The van der Waals surface area contributed by atoms with E-state index in [-0.39, 0.29) is 5.91 Å². The summed E-state index contributed by atoms with van der Waals surface area (Å²) in [4.78, 5) is 12.4. The molecule has 25 heavy (non-hydrogen) atoms. The van der Waals surface area contributed by atoms with Crippen molar-refractivity contribution in [2.45, 2.75) is 13.5 Å². The summed E-state index contributed by atoms with van der Waals surface area (Å²) in [5.41, 5.74) is 2.75. The lowest BCUT2D eigenvalue weighted by Gasteiger charge is -2.03. The molecule has 3 aromatic rings. The van der Waals surface area contributed by atoms with E-state index in [1.807, 2.05) is 13.0 Å². The highest BCUT2D eigenvalue weighted by molar-refractivity contribution is 9.10. The van der Waals surface area contributed by atoms with Crippen molar-refractivity contribution in [3.8, 4) is 0 Å². The van der Waals surface area contributed by atoms with E-state index in [0.717, 1.165) is 11.3 Å². The number of nitrogens with one attached hydrogen (secondary N) is 1. The summed E-state index contributed by atoms with van der Waals surface area (Å²) in [6.07, 6.45) is 3.32. The molecule has 0 atom stereocenters. The molecule has 0 spiro atoms. The standard InChI is InChI=1S/C16H14BrCl2N5O/c1-9-14(17)15(22-23(9)2)16(25)21-11-6-20-24(8-11)7-10-3-4-12(18)13(19)5-10/h3-6,8H,7H2,1-2H3,(H,21,25). The van der Waals surface area contributed by atoms with Crippen LogP contribution in [0.4, 0.5) is 5.69 Å². The lowest BCUT2D eigenvalue weighted by atomic mass is 10.2. The molecule has 3 rings (SSSR count). The van der Waals surface area contributed by atoms with E-state index < -0.39 is 0 Å². The molecule has 6 nitrogen and oxygen atoms in total. The lowest BCUT2D eigenvalue weighted by molar-refractivity contribution is 0.102. The Morgan fingerprint density at radius 2 is 2.08 bits per heavy atom. The van der Waals surface area contributed by atoms with Crippen molar-refractivity contribution in [1.29, 1.82) is 0 Å². The van der Waals surface area contributed by atoms with E-state index in [4.69, 9.17) is 23.2 Å². The summed E-state index contributed by atoms with van der Waals surface area (Å²) in [5, 5.41) is 12.2. The second-order valence-corrected chi connectivity index (χ2v) is 7.11. The fourth-order valence-corrected chi connectivity index (χ4v) is 3.09. The number of nitrogens with zero attached hydrogens (tertiary/aromatic N) is 4. The molecule has 0 fully saturated rings. The van der Waals surface area contributed by atoms with Crippen molar-refractivity contribution < 1.29 is 4.79 Å². The third kappa shape index (κ3) is 3.89. The minimum Gasteiger partial charge on any atom is -0.318 e. The SMILES string of the molecule is Cc1c(Br)c(C(=O)Nc2cnn(Cc3ccc(Cl)c(Cl)c3)c2)nn1C. The van der Waals surface area contributed by atoms with Gasteiger partial charge >= 0.3 is 0 Å². The summed E-state index contributed by atoms with van der Waals surface area (Å²) in [5.74, 6) is -0.301. The number of aryl methyl sites for hydroxylation is 1. The van der Waals surface area contributed by atoms with Crippen LogP contribution in [-0.4, -0.2) is 25.5 Å². The predicted octanol–water partition coefficient (Wildman–Crippen LogP) is 4.29. The molecule has 1 amide bonds. The molecule has 0 saturated carbocycles. The normalized spacial score (nSPS) is 10.9. The van der Waals surface area contributed by atoms with Gasteiger partial charge in [-0.05, 0) is 40.5 Å². The Kier molecular flexibility index (Phi) is 5.17. The van der Waals surface area contributed by atoms with Crippen LogP contribution < -0.4 is 5.32 Å². The average Bonchev–Trinajstić information content (AvgIpc) is 3.10. The molecule has 0 bridgehead atoms. The van der Waals surface area contributed by atoms with Crippen LogP contribution in [0.2, 0.25) is 10.0 Å². The van der Waals surface area contributed by atoms with Gasteiger partial charge in [0.15, 0.2) is 5.69 Å². The summed E-state index contributed by atoms with van der Waals surface area (Å²) in [6.45, 7) is 2.39. The molecule has 1 N–H and O–H groups in total. The summed E-state index contributed by atoms with van der Waals surface area (Å²) < 4.78 is 4.02. The minimum atomic E-state index is -0.301. The van der Waals surface area contributed by atoms with Gasteiger partial charge in [-0.3, -0.25) is 14.2 Å². The topological polar surface area (TPSA) is 64.7 Å². The first-order valence-corrected chi connectivity index (χ1v) is 8.87. The fraction of sp³-hybridized carbons (Fsp3) is 0.188. The quantitative estimate of drug-likeness (QED) is 0.655. The molecule has 9 heteroatoms. The van der Waals surface area contributed by atoms with E-state index in [9.17, 15) is 4.79 Å². The maximum absolute atomic E-state index is 12.4. The van der Waals surface area contributed by atoms with Crippen LogP contribution in [-0.2, 0) is 13.6 Å². The first kappa shape index (κ1) is 18.0. The number of carbonyl (C=O) groups is 1. The van der Waals surface area contributed by atoms with Crippen LogP contribution in [0.1, 0.15) is 21.7 Å². The molecule has 0 aliphatic rings. The van der Waals surface area contributed by atoms with Crippen LogP contribution in [0, 0.1) is 6.92 Å². The van der Waals surface area contributed by atoms with Gasteiger partial charge in [0.1, 0.15) is 0 Å². The van der Waals surface area contributed by atoms with Crippen LogP contribution in [0.5, 0.6) is 0 Å². The largest absolute Gasteiger partial charge is 0.318 e. The number of hydrogen-bond donors (Lipinski definition) is 1. The number of halogens is 3. The number of hydrogen-bond acceptors (Lipinski definition) is 3. The second-order valence-electron chi connectivity index (χ2n) is 5.50. The number of anilines is 1. The van der Waals surface area contributed by atoms with Crippen molar-refractivity contribution in [2.24, 2.45) is 7.05 Å². The van der Waals surface area contributed by atoms with E-state index in [0.29, 0.717) is 32.4 Å². The number of carbonyl (C=O) groups excluding carboxylic acids is 1. The van der Waals surface area contributed by atoms with Gasteiger partial charge in [0, 0.05) is 13.2 Å². The Morgan fingerprint density at radius 3 is 2.72 bits per heavy atom. The third-order valence-electron chi connectivity index (χ3n) is 3.70. The van der Waals surface area contributed by atoms with Gasteiger partial charge in [-0.15, -0.1) is 0 Å². The van der Waals surface area contributed by atoms with Gasteiger partial charge in [-0.2, -0.15) is 10.2 Å². The highest BCUT2D eigenvalue weighted by Gasteiger charge is 2.18. The smallest absolute Gasteiger partial charge is 0.277 e. The number of benzene rings is 1. The monoisotopic (exact) mass is 441 g/mol. The molecular formula is C16H14BrCl2N5O. The van der Waals surface area contributed by atoms with Gasteiger partial charge in [-0.25, -0.2) is 0 Å². The summed E-state index contributed by atoms with van der Waals surface area (Å²) >= 11 is 15.3. The molecule has 2 heterocycles. The van der Waals surface area contributed by atoms with Crippen LogP contribution in [0.15, 0.2) is 35.1 Å². The number of aromatic nitrogens is 4. The van der Waals surface area contributed by atoms with Crippen LogP contribution in [0.3, 0.4) is 0 Å². The Balaban J connectivity index is 1.71. The van der Waals surface area contributed by atoms with Crippen molar-refractivity contribution in [2.75, 3.05) is 5.32 Å². The van der Waals surface area contributed by atoms with Crippen LogP contribution in [0.25, 0.3) is 0 Å². The molecule has 0 aliphatic carbocycles. The number of rotatable bonds is 4. The molecular weight excluding hydrogens is 429 g/mol. The van der Waals surface area contributed by atoms with Gasteiger partial charge in [0.2, 0.25) is 0 Å². The molecule has 1 aromatic carbocycles. The van der Waals surface area contributed by atoms with Crippen LogP contribution >= 0.6 is 39.1 Å². The first-order chi connectivity index (χ1) is 11.8. The molecule has 0 unspecified atom stereocenters. The van der Waals surface area contributed by atoms with Gasteiger partial charge in [0.05, 0.1) is 38.6 Å². The van der Waals surface area contributed by atoms with Crippen molar-refractivity contribution >= 4 is 50.7 Å². The van der Waals surface area contributed by atoms with E-state index in [2.05, 4.69) is 31.4 Å². The molecule has 0 aliphatic heterocycles. The minimum absolute atomic E-state index is 0.301. The highest BCUT2D eigenvalue weighted by atomic mass is 79.9. The Morgan fingerprint density at radius 1 is 1.32 bits per heavy atom. The lowest BCUT2D eigenvalue weighted by Crippen LogP contribution is -2.13. The van der Waals surface area contributed by atoms with Crippen molar-refractivity contribution in [3.63, 3.8) is 0 Å². The van der Waals surface area contributed by atoms with E-state index >= 15 is 0 Å². The Hall–Kier alpha value is -1.83. The van der Waals surface area contributed by atoms with Crippen molar-refractivity contribution in [3.05, 3.63) is 62.1 Å². The predicted molar refractivity (Wildman–Crippen MR) is 101 cm³/mol. The second kappa shape index (κ2) is 7.19. The molecule has 130 valence electrons. The zero-order valence-corrected chi connectivity index (χ0v) is 16.5. The zero-order chi connectivity index (χ0) is 18.1. The van der Waals surface area contributed by atoms with E-state index in [1.54, 1.807) is 40.9 Å². The Bertz CT molecular complexity index is 950. The van der Waals surface area contributed by atoms with E-state index in [1.165, 1.54) is 0 Å². The average molecular weight is 443 g/mol. The summed E-state index contributed by atoms with van der Waals surface area (Å²) in [7, 11) is 1.78. The first-order valence-electron chi connectivity index (χ1n) is 7.32. The molecule has 0 radical (unpaired) electrons. The van der Waals surface area contributed by atoms with Gasteiger partial charge in [-0.1, -0.05) is 29.3 Å². The Labute approximate surface area is 162 Å². The number of amides is 1. The summed E-state index contributed by atoms with van der Waals surface area (Å²) in [6, 6.07) is 5.41. The maximum Gasteiger partial charge on any atom is 0.277 e. The van der Waals surface area contributed by atoms with Gasteiger partial charge in [0.25, 0.3) is 5.91 Å².